The lowest BCUT2D eigenvalue weighted by molar-refractivity contribution is -0.135. The molecule has 2 aliphatic heterocycles. The minimum absolute atomic E-state index is 0.0972. The van der Waals surface area contributed by atoms with E-state index >= 15 is 0 Å². The summed E-state index contributed by atoms with van der Waals surface area (Å²) in [7, 11) is 1.58. The van der Waals surface area contributed by atoms with Crippen molar-refractivity contribution in [2.75, 3.05) is 13.7 Å². The van der Waals surface area contributed by atoms with E-state index in [1.807, 2.05) is 55.5 Å². The highest BCUT2D eigenvalue weighted by atomic mass is 16.5. The summed E-state index contributed by atoms with van der Waals surface area (Å²) in [5, 5.41) is 0. The van der Waals surface area contributed by atoms with Crippen LogP contribution in [0.25, 0.3) is 6.08 Å². The fourth-order valence-corrected chi connectivity index (χ4v) is 4.40. The maximum absolute atomic E-state index is 13.3. The maximum atomic E-state index is 13.3. The first-order valence-electron chi connectivity index (χ1n) is 11.3. The van der Waals surface area contributed by atoms with Crippen molar-refractivity contribution in [2.45, 2.75) is 19.3 Å². The van der Waals surface area contributed by atoms with Gasteiger partial charge < -0.3 is 18.9 Å². The molecule has 176 valence electrons. The zero-order valence-electron chi connectivity index (χ0n) is 19.5. The van der Waals surface area contributed by atoms with E-state index in [0.717, 1.165) is 16.7 Å². The Morgan fingerprint density at radius 1 is 1.03 bits per heavy atom. The second-order valence-electron chi connectivity index (χ2n) is 8.55. The summed E-state index contributed by atoms with van der Waals surface area (Å²) in [4.78, 5) is 25.8. The van der Waals surface area contributed by atoms with Gasteiger partial charge in [-0.05, 0) is 42.8 Å². The topological polar surface area (TPSA) is 71.1 Å². The van der Waals surface area contributed by atoms with E-state index in [-0.39, 0.29) is 23.9 Å². The summed E-state index contributed by atoms with van der Waals surface area (Å²) in [5.41, 5.74) is 3.50. The number of ketones is 1. The molecule has 0 amide bonds. The average Bonchev–Trinajstić information content (AvgIpc) is 3.17. The monoisotopic (exact) mass is 468 g/mol. The molecule has 5 rings (SSSR count). The molecule has 1 atom stereocenters. The Morgan fingerprint density at radius 3 is 2.54 bits per heavy atom. The molecule has 0 aliphatic carbocycles. The zero-order chi connectivity index (χ0) is 24.5. The number of esters is 1. The number of carbonyl (C=O) groups excluding carboxylic acids is 2. The lowest BCUT2D eigenvalue weighted by Gasteiger charge is -2.27. The summed E-state index contributed by atoms with van der Waals surface area (Å²) in [6, 6.07) is 18.2. The number of para-hydroxylation sites is 2. The number of rotatable bonds is 6. The van der Waals surface area contributed by atoms with Gasteiger partial charge >= 0.3 is 5.97 Å². The Morgan fingerprint density at radius 2 is 1.77 bits per heavy atom. The number of ether oxygens (including phenoxy) is 4. The molecule has 35 heavy (non-hydrogen) atoms. The van der Waals surface area contributed by atoms with Gasteiger partial charge in [-0.25, -0.2) is 0 Å². The number of allylic oxidation sites excluding steroid dienone is 1. The van der Waals surface area contributed by atoms with Crippen molar-refractivity contribution in [2.24, 2.45) is 0 Å². The Labute approximate surface area is 203 Å². The van der Waals surface area contributed by atoms with E-state index in [9.17, 15) is 9.59 Å². The van der Waals surface area contributed by atoms with E-state index < -0.39 is 5.92 Å². The smallest absolute Gasteiger partial charge is 0.312 e. The molecule has 0 N–H and O–H groups in total. The summed E-state index contributed by atoms with van der Waals surface area (Å²) < 4.78 is 23.1. The molecule has 6 nitrogen and oxygen atoms in total. The highest BCUT2D eigenvalue weighted by Crippen LogP contribution is 2.50. The zero-order valence-corrected chi connectivity index (χ0v) is 19.5. The third-order valence-electron chi connectivity index (χ3n) is 5.97. The van der Waals surface area contributed by atoms with E-state index in [2.05, 4.69) is 6.58 Å². The molecule has 0 radical (unpaired) electrons. The summed E-state index contributed by atoms with van der Waals surface area (Å²) in [6.45, 7) is 6.14. The van der Waals surface area contributed by atoms with Crippen LogP contribution in [0, 0.1) is 0 Å². The second-order valence-corrected chi connectivity index (χ2v) is 8.55. The molecule has 0 aromatic heterocycles. The van der Waals surface area contributed by atoms with E-state index in [1.54, 1.807) is 25.3 Å². The lowest BCUT2D eigenvalue weighted by Crippen LogP contribution is -2.22. The van der Waals surface area contributed by atoms with Crippen molar-refractivity contribution in [1.29, 1.82) is 0 Å². The number of fused-ring (bicyclic) bond motifs is 3. The molecule has 0 saturated carbocycles. The average molecular weight is 469 g/mol. The molecule has 3 aromatic rings. The van der Waals surface area contributed by atoms with Crippen molar-refractivity contribution >= 4 is 17.8 Å². The molecule has 2 heterocycles. The van der Waals surface area contributed by atoms with Crippen molar-refractivity contribution in [3.8, 4) is 23.0 Å². The van der Waals surface area contributed by atoms with Gasteiger partial charge in [0.2, 0.25) is 5.78 Å². The van der Waals surface area contributed by atoms with Gasteiger partial charge in [0.25, 0.3) is 0 Å². The van der Waals surface area contributed by atoms with Crippen molar-refractivity contribution < 1.29 is 28.5 Å². The number of hydrogen-bond acceptors (Lipinski definition) is 6. The molecule has 0 bridgehead atoms. The van der Waals surface area contributed by atoms with Crippen molar-refractivity contribution in [3.63, 3.8) is 0 Å². The molecule has 6 heteroatoms. The van der Waals surface area contributed by atoms with Gasteiger partial charge in [-0.3, -0.25) is 9.59 Å². The number of methoxy groups -OCH3 is 1. The van der Waals surface area contributed by atoms with Gasteiger partial charge in [0.15, 0.2) is 5.76 Å². The van der Waals surface area contributed by atoms with Crippen LogP contribution in [-0.2, 0) is 4.79 Å². The third kappa shape index (κ3) is 4.19. The Kier molecular flexibility index (Phi) is 5.87. The van der Waals surface area contributed by atoms with E-state index in [4.69, 9.17) is 18.9 Å². The van der Waals surface area contributed by atoms with Crippen LogP contribution in [0.4, 0.5) is 0 Å². The normalized spacial score (nSPS) is 17.3. The van der Waals surface area contributed by atoms with Crippen LogP contribution < -0.4 is 18.9 Å². The quantitative estimate of drug-likeness (QED) is 0.200. The van der Waals surface area contributed by atoms with Gasteiger partial charge in [0.1, 0.15) is 29.6 Å². The second kappa shape index (κ2) is 9.14. The number of hydrogen-bond donors (Lipinski definition) is 0. The summed E-state index contributed by atoms with van der Waals surface area (Å²) >= 11 is 0. The van der Waals surface area contributed by atoms with Gasteiger partial charge in [0.05, 0.1) is 19.1 Å². The van der Waals surface area contributed by atoms with Crippen molar-refractivity contribution in [3.05, 3.63) is 101 Å². The Hall–Kier alpha value is -4.32. The first-order chi connectivity index (χ1) is 17.0. The molecular weight excluding hydrogens is 444 g/mol. The molecule has 0 fully saturated rings. The Bertz CT molecular complexity index is 1380. The fraction of sp³-hybridized carbons (Fsp3) is 0.172. The van der Waals surface area contributed by atoms with Gasteiger partial charge in [-0.2, -0.15) is 0 Å². The van der Waals surface area contributed by atoms with Crippen LogP contribution in [0.5, 0.6) is 23.0 Å². The number of Topliss-reactive ketones (excluding diaryl/α,β-unsaturated/α-hetero) is 1. The predicted octanol–water partition coefficient (Wildman–Crippen LogP) is 5.71. The van der Waals surface area contributed by atoms with Gasteiger partial charge in [-0.1, -0.05) is 43.0 Å². The largest absolute Gasteiger partial charge is 0.496 e. The first kappa shape index (κ1) is 22.5. The van der Waals surface area contributed by atoms with E-state index in [0.29, 0.717) is 40.7 Å². The molecular formula is C29H24O6. The molecule has 0 spiro atoms. The highest BCUT2D eigenvalue weighted by molar-refractivity contribution is 6.15. The fourth-order valence-electron chi connectivity index (χ4n) is 4.40. The first-order valence-corrected chi connectivity index (χ1v) is 11.3. The molecule has 2 aliphatic rings. The van der Waals surface area contributed by atoms with Gasteiger partial charge in [-0.15, -0.1) is 0 Å². The summed E-state index contributed by atoms with van der Waals surface area (Å²) in [6.07, 6.45) is 1.77. The molecule has 0 unspecified atom stereocenters. The lowest BCUT2D eigenvalue weighted by atomic mass is 9.84. The number of benzene rings is 3. The minimum atomic E-state index is -0.402. The SMILES string of the molecule is C=C(C)COc1ccccc1[C@@H]1CC(=O)Oc2ccc3c(c21)O/C(=C\c1ccccc1OC)C3=O. The van der Waals surface area contributed by atoms with Crippen LogP contribution in [0.2, 0.25) is 0 Å². The minimum Gasteiger partial charge on any atom is -0.496 e. The number of carbonyl (C=O) groups is 2. The van der Waals surface area contributed by atoms with Crippen LogP contribution >= 0.6 is 0 Å². The summed E-state index contributed by atoms with van der Waals surface area (Å²) in [5.74, 6) is 1.24. The standard InChI is InChI=1S/C29H24O6/c1-17(2)16-33-23-11-7-5-9-19(23)21-15-26(30)34-24-13-12-20-28(31)25(35-29(20)27(21)24)14-18-8-4-6-10-22(18)32-3/h4-14,21H,1,15-16H2,2-3H3/b25-14-/t21-/m0/s1. The van der Waals surface area contributed by atoms with Crippen LogP contribution in [0.15, 0.2) is 78.6 Å². The van der Waals surface area contributed by atoms with E-state index in [1.165, 1.54) is 0 Å². The third-order valence-corrected chi connectivity index (χ3v) is 5.97. The van der Waals surface area contributed by atoms with Crippen LogP contribution in [-0.4, -0.2) is 25.5 Å². The van der Waals surface area contributed by atoms with Crippen LogP contribution in [0.3, 0.4) is 0 Å². The molecule has 3 aromatic carbocycles. The predicted molar refractivity (Wildman–Crippen MR) is 131 cm³/mol. The highest BCUT2D eigenvalue weighted by Gasteiger charge is 2.39. The van der Waals surface area contributed by atoms with Gasteiger partial charge in [0, 0.05) is 22.6 Å². The van der Waals surface area contributed by atoms with Crippen LogP contribution in [0.1, 0.15) is 46.3 Å². The molecule has 0 saturated heterocycles. The maximum Gasteiger partial charge on any atom is 0.312 e. The van der Waals surface area contributed by atoms with Crippen molar-refractivity contribution in [1.82, 2.24) is 0 Å². The Balaban J connectivity index is 1.60.